The number of terminal acetylenes is 1. The number of halogens is 1. The van der Waals surface area contributed by atoms with Gasteiger partial charge >= 0.3 is 0 Å². The van der Waals surface area contributed by atoms with E-state index in [0.717, 1.165) is 4.90 Å². The second-order valence-electron chi connectivity index (χ2n) is 2.83. The zero-order chi connectivity index (χ0) is 10.4. The number of aliphatic hydroxyl groups is 1. The normalized spacial score (nSPS) is 12.1. The van der Waals surface area contributed by atoms with Gasteiger partial charge in [-0.25, -0.2) is 4.39 Å². The monoisotopic (exact) mass is 210 g/mol. The first-order valence-corrected chi connectivity index (χ1v) is 5.21. The van der Waals surface area contributed by atoms with Gasteiger partial charge in [-0.2, -0.15) is 0 Å². The average molecular weight is 210 g/mol. The van der Waals surface area contributed by atoms with E-state index in [1.165, 1.54) is 23.9 Å². The molecule has 0 spiro atoms. The molecule has 0 aliphatic carbocycles. The molecule has 1 aromatic rings. The van der Waals surface area contributed by atoms with Crippen LogP contribution in [0.4, 0.5) is 4.39 Å². The highest BCUT2D eigenvalue weighted by Crippen LogP contribution is 2.19. The molecule has 14 heavy (non-hydrogen) atoms. The molecule has 0 saturated heterocycles. The van der Waals surface area contributed by atoms with Crippen molar-refractivity contribution in [2.75, 3.05) is 5.75 Å². The summed E-state index contributed by atoms with van der Waals surface area (Å²) in [4.78, 5) is 0.807. The Labute approximate surface area is 87.3 Å². The van der Waals surface area contributed by atoms with Crippen molar-refractivity contribution in [3.63, 3.8) is 0 Å². The third kappa shape index (κ3) is 3.82. The van der Waals surface area contributed by atoms with E-state index >= 15 is 0 Å². The molecule has 1 nitrogen and oxygen atoms in total. The quantitative estimate of drug-likeness (QED) is 0.608. The molecular weight excluding hydrogens is 199 g/mol. The lowest BCUT2D eigenvalue weighted by atomic mass is 10.3. The average Bonchev–Trinajstić information content (AvgIpc) is 2.15. The van der Waals surface area contributed by atoms with Gasteiger partial charge in [0, 0.05) is 17.1 Å². The van der Waals surface area contributed by atoms with E-state index in [1.807, 2.05) is 0 Å². The van der Waals surface area contributed by atoms with Crippen molar-refractivity contribution in [1.82, 2.24) is 0 Å². The third-order valence-electron chi connectivity index (χ3n) is 1.59. The lowest BCUT2D eigenvalue weighted by Gasteiger charge is -2.06. The molecule has 0 aromatic heterocycles. The number of hydrogen-bond donors (Lipinski definition) is 1. The third-order valence-corrected chi connectivity index (χ3v) is 2.73. The molecule has 0 radical (unpaired) electrons. The van der Waals surface area contributed by atoms with Gasteiger partial charge in [-0.15, -0.1) is 24.1 Å². The van der Waals surface area contributed by atoms with Crippen LogP contribution in [-0.4, -0.2) is 17.0 Å². The topological polar surface area (TPSA) is 20.2 Å². The standard InChI is InChI=1S/C11H11FOS/c1-2-4-10(13)8-14-11-6-3-5-9(12)7-11/h1,3,5-7,10,13H,4,8H2. The van der Waals surface area contributed by atoms with Crippen molar-refractivity contribution in [2.24, 2.45) is 0 Å². The van der Waals surface area contributed by atoms with E-state index in [4.69, 9.17) is 6.42 Å². The van der Waals surface area contributed by atoms with Gasteiger partial charge in [-0.1, -0.05) is 6.07 Å². The number of rotatable bonds is 4. The van der Waals surface area contributed by atoms with Crippen LogP contribution >= 0.6 is 11.8 Å². The Hall–Kier alpha value is -0.980. The van der Waals surface area contributed by atoms with Gasteiger partial charge in [-0.05, 0) is 18.2 Å². The van der Waals surface area contributed by atoms with Crippen LogP contribution in [0, 0.1) is 18.2 Å². The van der Waals surface area contributed by atoms with Crippen molar-refractivity contribution in [3.05, 3.63) is 30.1 Å². The summed E-state index contributed by atoms with van der Waals surface area (Å²) in [5.41, 5.74) is 0. The molecule has 0 fully saturated rings. The molecular formula is C11H11FOS. The van der Waals surface area contributed by atoms with Gasteiger partial charge in [0.1, 0.15) is 5.82 Å². The van der Waals surface area contributed by atoms with E-state index in [-0.39, 0.29) is 5.82 Å². The number of aliphatic hydroxyl groups excluding tert-OH is 1. The summed E-state index contributed by atoms with van der Waals surface area (Å²) in [6, 6.07) is 6.27. The van der Waals surface area contributed by atoms with Gasteiger partial charge in [0.15, 0.2) is 0 Å². The summed E-state index contributed by atoms with van der Waals surface area (Å²) in [7, 11) is 0. The maximum Gasteiger partial charge on any atom is 0.124 e. The van der Waals surface area contributed by atoms with E-state index in [9.17, 15) is 9.50 Å². The Kier molecular flexibility index (Phi) is 4.51. The molecule has 1 rings (SSSR count). The summed E-state index contributed by atoms with van der Waals surface area (Å²) in [5, 5.41) is 9.32. The summed E-state index contributed by atoms with van der Waals surface area (Å²) in [5.74, 6) is 2.61. The minimum atomic E-state index is -0.520. The molecule has 1 aromatic carbocycles. The second kappa shape index (κ2) is 5.69. The van der Waals surface area contributed by atoms with Gasteiger partial charge < -0.3 is 5.11 Å². The number of benzene rings is 1. The highest BCUT2D eigenvalue weighted by molar-refractivity contribution is 7.99. The molecule has 0 aliphatic heterocycles. The second-order valence-corrected chi connectivity index (χ2v) is 3.92. The lowest BCUT2D eigenvalue weighted by molar-refractivity contribution is 0.205. The number of thioether (sulfide) groups is 1. The fraction of sp³-hybridized carbons (Fsp3) is 0.273. The van der Waals surface area contributed by atoms with Crippen molar-refractivity contribution < 1.29 is 9.50 Å². The smallest absolute Gasteiger partial charge is 0.124 e. The Bertz CT molecular complexity index is 332. The molecule has 1 atom stereocenters. The zero-order valence-corrected chi connectivity index (χ0v) is 8.43. The molecule has 0 saturated carbocycles. The van der Waals surface area contributed by atoms with E-state index < -0.39 is 6.10 Å². The van der Waals surface area contributed by atoms with Crippen molar-refractivity contribution in [3.8, 4) is 12.3 Å². The minimum absolute atomic E-state index is 0.263. The summed E-state index contributed by atoms with van der Waals surface area (Å²) >= 11 is 1.40. The molecule has 0 amide bonds. The Morgan fingerprint density at radius 2 is 2.36 bits per heavy atom. The predicted molar refractivity (Wildman–Crippen MR) is 56.6 cm³/mol. The first-order valence-electron chi connectivity index (χ1n) is 4.22. The highest BCUT2D eigenvalue weighted by atomic mass is 32.2. The fourth-order valence-electron chi connectivity index (χ4n) is 0.944. The van der Waals surface area contributed by atoms with Crippen LogP contribution in [0.2, 0.25) is 0 Å². The Morgan fingerprint density at radius 1 is 1.57 bits per heavy atom. The first kappa shape index (κ1) is 11.1. The molecule has 0 bridgehead atoms. The van der Waals surface area contributed by atoms with Gasteiger partial charge in [-0.3, -0.25) is 0 Å². The SMILES string of the molecule is C#CCC(O)CSc1cccc(F)c1. The fourth-order valence-corrected chi connectivity index (χ4v) is 1.82. The van der Waals surface area contributed by atoms with E-state index in [2.05, 4.69) is 5.92 Å². The van der Waals surface area contributed by atoms with Crippen molar-refractivity contribution >= 4 is 11.8 Å². The molecule has 3 heteroatoms. The number of hydrogen-bond acceptors (Lipinski definition) is 2. The minimum Gasteiger partial charge on any atom is -0.391 e. The lowest BCUT2D eigenvalue weighted by Crippen LogP contribution is -2.07. The molecule has 1 unspecified atom stereocenters. The molecule has 0 aliphatic rings. The van der Waals surface area contributed by atoms with E-state index in [0.29, 0.717) is 12.2 Å². The van der Waals surface area contributed by atoms with Gasteiger partial charge in [0.25, 0.3) is 0 Å². The first-order chi connectivity index (χ1) is 6.72. The van der Waals surface area contributed by atoms with Crippen LogP contribution in [-0.2, 0) is 0 Å². The van der Waals surface area contributed by atoms with E-state index in [1.54, 1.807) is 12.1 Å². The largest absolute Gasteiger partial charge is 0.391 e. The highest BCUT2D eigenvalue weighted by Gasteiger charge is 2.03. The van der Waals surface area contributed by atoms with Gasteiger partial charge in [0.05, 0.1) is 6.10 Å². The van der Waals surface area contributed by atoms with Crippen LogP contribution in [0.5, 0.6) is 0 Å². The zero-order valence-electron chi connectivity index (χ0n) is 7.61. The summed E-state index contributed by atoms with van der Waals surface area (Å²) < 4.78 is 12.7. The van der Waals surface area contributed by atoms with Crippen LogP contribution in [0.15, 0.2) is 29.2 Å². The van der Waals surface area contributed by atoms with Crippen molar-refractivity contribution in [1.29, 1.82) is 0 Å². The Morgan fingerprint density at radius 3 is 3.00 bits per heavy atom. The van der Waals surface area contributed by atoms with Crippen LogP contribution < -0.4 is 0 Å². The van der Waals surface area contributed by atoms with Crippen LogP contribution in [0.3, 0.4) is 0 Å². The maximum absolute atomic E-state index is 12.7. The summed E-state index contributed by atoms with van der Waals surface area (Å²) in [6.45, 7) is 0. The van der Waals surface area contributed by atoms with Gasteiger partial charge in [0.2, 0.25) is 0 Å². The molecule has 74 valence electrons. The maximum atomic E-state index is 12.7. The predicted octanol–water partition coefficient (Wildman–Crippen LogP) is 2.30. The van der Waals surface area contributed by atoms with Crippen LogP contribution in [0.1, 0.15) is 6.42 Å². The molecule has 1 N–H and O–H groups in total. The summed E-state index contributed by atoms with van der Waals surface area (Å²) in [6.07, 6.45) is 4.86. The molecule has 0 heterocycles. The van der Waals surface area contributed by atoms with Crippen LogP contribution in [0.25, 0.3) is 0 Å². The van der Waals surface area contributed by atoms with Crippen molar-refractivity contribution in [2.45, 2.75) is 17.4 Å². The Balaban J connectivity index is 2.42.